The Morgan fingerprint density at radius 3 is 2.12 bits per heavy atom. The first-order valence-corrected chi connectivity index (χ1v) is 9.20. The highest BCUT2D eigenvalue weighted by Gasteiger charge is 2.23. The number of rotatable bonds is 5. The van der Waals surface area contributed by atoms with E-state index in [4.69, 9.17) is 4.74 Å². The molecule has 2 aromatic carbocycles. The van der Waals surface area contributed by atoms with Gasteiger partial charge in [-0.25, -0.2) is 0 Å². The molecule has 1 aliphatic rings. The summed E-state index contributed by atoms with van der Waals surface area (Å²) in [6.45, 7) is 4.64. The first kappa shape index (κ1) is 18.1. The summed E-state index contributed by atoms with van der Waals surface area (Å²) in [7, 11) is 1.83. The van der Waals surface area contributed by atoms with E-state index in [0.29, 0.717) is 6.10 Å². The summed E-state index contributed by atoms with van der Waals surface area (Å²) < 4.78 is 5.74. The molecule has 0 saturated heterocycles. The van der Waals surface area contributed by atoms with Crippen LogP contribution in [0.4, 0.5) is 0 Å². The fourth-order valence-electron chi connectivity index (χ4n) is 2.62. The maximum absolute atomic E-state index is 12.3. The second kappa shape index (κ2) is 8.10. The topological polar surface area (TPSA) is 29.5 Å². The Kier molecular flexibility index (Phi) is 5.63. The minimum absolute atomic E-state index is 0.138. The molecule has 26 heavy (non-hydrogen) atoms. The van der Waals surface area contributed by atoms with Gasteiger partial charge in [0.2, 0.25) is 5.91 Å². The fourth-order valence-corrected chi connectivity index (χ4v) is 2.62. The van der Waals surface area contributed by atoms with Gasteiger partial charge in [-0.05, 0) is 68.7 Å². The van der Waals surface area contributed by atoms with Crippen LogP contribution in [-0.2, 0) is 4.79 Å². The molecule has 1 aliphatic carbocycles. The zero-order valence-corrected chi connectivity index (χ0v) is 15.7. The molecule has 1 fully saturated rings. The Labute approximate surface area is 156 Å². The number of carbonyl (C=O) groups is 1. The SMILES string of the molecule is CCN(C)C(=O)C(C)c1ccc(C#Cc2ccc(OC3CC3)cc2)cc1. The molecule has 1 amide bonds. The molecule has 0 bridgehead atoms. The van der Waals surface area contributed by atoms with E-state index >= 15 is 0 Å². The molecule has 1 unspecified atom stereocenters. The van der Waals surface area contributed by atoms with E-state index in [-0.39, 0.29) is 11.8 Å². The van der Waals surface area contributed by atoms with Crippen LogP contribution in [-0.4, -0.2) is 30.5 Å². The summed E-state index contributed by atoms with van der Waals surface area (Å²) in [5.74, 6) is 7.27. The summed E-state index contributed by atoms with van der Waals surface area (Å²) in [6, 6.07) is 15.9. The van der Waals surface area contributed by atoms with Gasteiger partial charge in [0, 0.05) is 24.7 Å². The number of ether oxygens (including phenoxy) is 1. The molecule has 134 valence electrons. The van der Waals surface area contributed by atoms with Crippen LogP contribution < -0.4 is 4.74 Å². The lowest BCUT2D eigenvalue weighted by molar-refractivity contribution is -0.130. The van der Waals surface area contributed by atoms with Gasteiger partial charge in [0.25, 0.3) is 0 Å². The molecule has 3 nitrogen and oxygen atoms in total. The van der Waals surface area contributed by atoms with Crippen LogP contribution in [0.5, 0.6) is 5.75 Å². The minimum atomic E-state index is -0.138. The molecule has 0 radical (unpaired) electrons. The first-order valence-electron chi connectivity index (χ1n) is 9.20. The second-order valence-corrected chi connectivity index (χ2v) is 6.79. The number of likely N-dealkylation sites (N-methyl/N-ethyl adjacent to an activating group) is 1. The Morgan fingerprint density at radius 1 is 1.08 bits per heavy atom. The van der Waals surface area contributed by atoms with Crippen molar-refractivity contribution in [3.63, 3.8) is 0 Å². The highest BCUT2D eigenvalue weighted by atomic mass is 16.5. The Bertz CT molecular complexity index is 808. The molecular weight excluding hydrogens is 322 g/mol. The van der Waals surface area contributed by atoms with Gasteiger partial charge < -0.3 is 9.64 Å². The summed E-state index contributed by atoms with van der Waals surface area (Å²) >= 11 is 0. The monoisotopic (exact) mass is 347 g/mol. The predicted octanol–water partition coefficient (Wildman–Crippen LogP) is 4.21. The van der Waals surface area contributed by atoms with Crippen molar-refractivity contribution in [2.24, 2.45) is 0 Å². The molecule has 0 aliphatic heterocycles. The van der Waals surface area contributed by atoms with Crippen LogP contribution in [0.1, 0.15) is 49.3 Å². The third-order valence-corrected chi connectivity index (χ3v) is 4.66. The standard InChI is InChI=1S/C23H25NO2/c1-4-24(3)23(25)17(2)20-11-7-18(8-12-20)5-6-19-9-13-21(14-10-19)26-22-15-16-22/h7-14,17,22H,4,15-16H2,1-3H3. The van der Waals surface area contributed by atoms with E-state index in [2.05, 4.69) is 11.8 Å². The maximum Gasteiger partial charge on any atom is 0.229 e. The Balaban J connectivity index is 1.64. The summed E-state index contributed by atoms with van der Waals surface area (Å²) in [4.78, 5) is 14.0. The van der Waals surface area contributed by atoms with Gasteiger partial charge in [0.05, 0.1) is 12.0 Å². The molecule has 1 saturated carbocycles. The van der Waals surface area contributed by atoms with E-state index in [1.165, 1.54) is 0 Å². The van der Waals surface area contributed by atoms with Gasteiger partial charge >= 0.3 is 0 Å². The van der Waals surface area contributed by atoms with Crippen molar-refractivity contribution in [3.05, 3.63) is 65.2 Å². The van der Waals surface area contributed by atoms with Crippen LogP contribution >= 0.6 is 0 Å². The molecule has 3 heteroatoms. The Morgan fingerprint density at radius 2 is 1.62 bits per heavy atom. The normalized spacial score (nSPS) is 14.1. The van der Waals surface area contributed by atoms with Crippen molar-refractivity contribution in [1.29, 1.82) is 0 Å². The van der Waals surface area contributed by atoms with E-state index < -0.39 is 0 Å². The van der Waals surface area contributed by atoms with E-state index in [1.54, 1.807) is 4.90 Å². The van der Waals surface area contributed by atoms with Crippen LogP contribution in [0.2, 0.25) is 0 Å². The van der Waals surface area contributed by atoms with Crippen molar-refractivity contribution in [3.8, 4) is 17.6 Å². The van der Waals surface area contributed by atoms with Gasteiger partial charge in [-0.1, -0.05) is 24.0 Å². The first-order chi connectivity index (χ1) is 12.6. The maximum atomic E-state index is 12.3. The number of hydrogen-bond donors (Lipinski definition) is 0. The van der Waals surface area contributed by atoms with Gasteiger partial charge in [-0.15, -0.1) is 0 Å². The van der Waals surface area contributed by atoms with Crippen molar-refractivity contribution in [1.82, 2.24) is 4.90 Å². The van der Waals surface area contributed by atoms with Gasteiger partial charge in [-0.3, -0.25) is 4.79 Å². The average molecular weight is 347 g/mol. The molecule has 0 spiro atoms. The molecule has 1 atom stereocenters. The van der Waals surface area contributed by atoms with Crippen molar-refractivity contribution >= 4 is 5.91 Å². The highest BCUT2D eigenvalue weighted by molar-refractivity contribution is 5.83. The van der Waals surface area contributed by atoms with E-state index in [1.807, 2.05) is 69.4 Å². The number of benzene rings is 2. The third-order valence-electron chi connectivity index (χ3n) is 4.66. The smallest absolute Gasteiger partial charge is 0.229 e. The largest absolute Gasteiger partial charge is 0.490 e. The summed E-state index contributed by atoms with van der Waals surface area (Å²) in [5, 5.41) is 0. The van der Waals surface area contributed by atoms with E-state index in [0.717, 1.165) is 41.8 Å². The van der Waals surface area contributed by atoms with Crippen LogP contribution in [0.15, 0.2) is 48.5 Å². The lowest BCUT2D eigenvalue weighted by Gasteiger charge is -2.19. The molecule has 0 N–H and O–H groups in total. The third kappa shape index (κ3) is 4.67. The lowest BCUT2D eigenvalue weighted by atomic mass is 9.98. The predicted molar refractivity (Wildman–Crippen MR) is 104 cm³/mol. The van der Waals surface area contributed by atoms with Gasteiger partial charge in [0.15, 0.2) is 0 Å². The Hall–Kier alpha value is -2.73. The van der Waals surface area contributed by atoms with Gasteiger partial charge in [0.1, 0.15) is 5.75 Å². The second-order valence-electron chi connectivity index (χ2n) is 6.79. The molecule has 3 rings (SSSR count). The number of carbonyl (C=O) groups excluding carboxylic acids is 1. The average Bonchev–Trinajstić information content (AvgIpc) is 3.50. The number of amides is 1. The molecule has 2 aromatic rings. The number of nitrogens with zero attached hydrogens (tertiary/aromatic N) is 1. The van der Waals surface area contributed by atoms with E-state index in [9.17, 15) is 4.79 Å². The fraction of sp³-hybridized carbons (Fsp3) is 0.348. The molecule has 0 aromatic heterocycles. The van der Waals surface area contributed by atoms with Crippen molar-refractivity contribution in [2.75, 3.05) is 13.6 Å². The highest BCUT2D eigenvalue weighted by Crippen LogP contribution is 2.26. The van der Waals surface area contributed by atoms with Crippen LogP contribution in [0, 0.1) is 11.8 Å². The minimum Gasteiger partial charge on any atom is -0.490 e. The summed E-state index contributed by atoms with van der Waals surface area (Å²) in [6.07, 6.45) is 2.74. The molecule has 0 heterocycles. The number of hydrogen-bond acceptors (Lipinski definition) is 2. The quantitative estimate of drug-likeness (QED) is 0.758. The van der Waals surface area contributed by atoms with Gasteiger partial charge in [-0.2, -0.15) is 0 Å². The van der Waals surface area contributed by atoms with Crippen LogP contribution in [0.25, 0.3) is 0 Å². The lowest BCUT2D eigenvalue weighted by Crippen LogP contribution is -2.30. The zero-order valence-electron chi connectivity index (χ0n) is 15.7. The zero-order chi connectivity index (χ0) is 18.5. The summed E-state index contributed by atoms with van der Waals surface area (Å²) in [5.41, 5.74) is 2.92. The van der Waals surface area contributed by atoms with Crippen molar-refractivity contribution in [2.45, 2.75) is 38.7 Å². The van der Waals surface area contributed by atoms with Crippen LogP contribution in [0.3, 0.4) is 0 Å². The van der Waals surface area contributed by atoms with Crippen molar-refractivity contribution < 1.29 is 9.53 Å². The molecular formula is C23H25NO2.